The third kappa shape index (κ3) is 2.69. The molecule has 0 amide bonds. The Balaban J connectivity index is 1.99. The molecule has 0 spiro atoms. The van der Waals surface area contributed by atoms with E-state index in [1.54, 1.807) is 13.1 Å². The molecule has 0 radical (unpaired) electrons. The number of rotatable bonds is 3. The second kappa shape index (κ2) is 4.30. The monoisotopic (exact) mass is 269 g/mol. The summed E-state index contributed by atoms with van der Waals surface area (Å²) in [6.45, 7) is 0.483. The summed E-state index contributed by atoms with van der Waals surface area (Å²) in [5, 5.41) is 14.6. The van der Waals surface area contributed by atoms with E-state index in [0.29, 0.717) is 18.2 Å². The van der Waals surface area contributed by atoms with E-state index in [1.807, 2.05) is 0 Å². The van der Waals surface area contributed by atoms with Gasteiger partial charge in [0.05, 0.1) is 13.6 Å². The van der Waals surface area contributed by atoms with Gasteiger partial charge in [0.2, 0.25) is 0 Å². The molecule has 7 nitrogen and oxygen atoms in total. The summed E-state index contributed by atoms with van der Waals surface area (Å²) < 4.78 is 0.729. The van der Waals surface area contributed by atoms with Crippen molar-refractivity contribution in [1.82, 2.24) is 30.2 Å². The number of tetrazole rings is 1. The summed E-state index contributed by atoms with van der Waals surface area (Å²) in [5.74, 6) is 1.33. The van der Waals surface area contributed by atoms with Crippen LogP contribution in [0, 0.1) is 0 Å². The van der Waals surface area contributed by atoms with Gasteiger partial charge in [-0.05, 0) is 21.1 Å². The van der Waals surface area contributed by atoms with Gasteiger partial charge in [-0.3, -0.25) is 0 Å². The predicted octanol–water partition coefficient (Wildman–Crippen LogP) is 0.375. The van der Waals surface area contributed by atoms with Crippen LogP contribution in [0.2, 0.25) is 0 Å². The summed E-state index contributed by atoms with van der Waals surface area (Å²) >= 11 is 3.25. The van der Waals surface area contributed by atoms with Crippen LogP contribution in [0.25, 0.3) is 0 Å². The molecule has 0 unspecified atom stereocenters. The first kappa shape index (κ1) is 9.97. The van der Waals surface area contributed by atoms with Crippen molar-refractivity contribution in [3.05, 3.63) is 22.8 Å². The topological polar surface area (TPSA) is 81.4 Å². The van der Waals surface area contributed by atoms with Crippen LogP contribution >= 0.6 is 15.9 Å². The maximum absolute atomic E-state index is 4.03. The van der Waals surface area contributed by atoms with Gasteiger partial charge in [0.25, 0.3) is 0 Å². The Morgan fingerprint density at radius 2 is 2.33 bits per heavy atom. The Morgan fingerprint density at radius 1 is 1.47 bits per heavy atom. The van der Waals surface area contributed by atoms with Crippen LogP contribution in [-0.2, 0) is 13.6 Å². The Bertz CT molecular complexity index is 454. The SMILES string of the molecule is Cn1nnc(CNc2cc(Br)ncn2)n1. The largest absolute Gasteiger partial charge is 0.362 e. The number of nitrogens with one attached hydrogen (secondary N) is 1. The third-order valence-corrected chi connectivity index (χ3v) is 2.04. The van der Waals surface area contributed by atoms with Crippen LogP contribution in [0.5, 0.6) is 0 Å². The van der Waals surface area contributed by atoms with Crippen molar-refractivity contribution in [3.8, 4) is 0 Å². The molecule has 0 aliphatic heterocycles. The van der Waals surface area contributed by atoms with Crippen molar-refractivity contribution >= 4 is 21.7 Å². The molecule has 2 aromatic heterocycles. The normalized spacial score (nSPS) is 10.3. The maximum atomic E-state index is 4.03. The molecular formula is C7H8BrN7. The van der Waals surface area contributed by atoms with Gasteiger partial charge in [-0.1, -0.05) is 0 Å². The zero-order valence-corrected chi connectivity index (χ0v) is 9.51. The molecule has 0 saturated heterocycles. The molecule has 0 aromatic carbocycles. The van der Waals surface area contributed by atoms with Gasteiger partial charge in [-0.25, -0.2) is 9.97 Å². The van der Waals surface area contributed by atoms with Crippen molar-refractivity contribution in [2.45, 2.75) is 6.54 Å². The van der Waals surface area contributed by atoms with E-state index < -0.39 is 0 Å². The highest BCUT2D eigenvalue weighted by Gasteiger charge is 2.00. The van der Waals surface area contributed by atoms with E-state index in [4.69, 9.17) is 0 Å². The Labute approximate surface area is 94.1 Å². The van der Waals surface area contributed by atoms with Crippen LogP contribution in [0.1, 0.15) is 5.82 Å². The number of hydrogen-bond acceptors (Lipinski definition) is 6. The third-order valence-electron chi connectivity index (χ3n) is 1.61. The van der Waals surface area contributed by atoms with Crippen molar-refractivity contribution in [3.63, 3.8) is 0 Å². The molecule has 0 saturated carbocycles. The molecule has 2 aromatic rings. The number of aryl methyl sites for hydroxylation is 1. The highest BCUT2D eigenvalue weighted by Crippen LogP contribution is 2.09. The number of aromatic nitrogens is 6. The Kier molecular flexibility index (Phi) is 2.86. The van der Waals surface area contributed by atoms with Crippen molar-refractivity contribution in [2.24, 2.45) is 7.05 Å². The molecule has 78 valence electrons. The molecule has 15 heavy (non-hydrogen) atoms. The summed E-state index contributed by atoms with van der Waals surface area (Å²) in [4.78, 5) is 9.35. The number of anilines is 1. The second-order valence-electron chi connectivity index (χ2n) is 2.77. The van der Waals surface area contributed by atoms with Gasteiger partial charge < -0.3 is 5.32 Å². The quantitative estimate of drug-likeness (QED) is 0.812. The van der Waals surface area contributed by atoms with E-state index >= 15 is 0 Å². The van der Waals surface area contributed by atoms with E-state index in [2.05, 4.69) is 46.6 Å². The lowest BCUT2D eigenvalue weighted by molar-refractivity contribution is 0.628. The molecule has 0 aliphatic carbocycles. The van der Waals surface area contributed by atoms with E-state index in [-0.39, 0.29) is 0 Å². The van der Waals surface area contributed by atoms with Gasteiger partial charge in [0, 0.05) is 6.07 Å². The standard InChI is InChI=1S/C7H8BrN7/c1-15-13-7(12-14-15)3-9-6-2-5(8)10-4-11-6/h2,4H,3H2,1H3,(H,9,10,11). The molecule has 0 bridgehead atoms. The lowest BCUT2D eigenvalue weighted by Gasteiger charge is -2.01. The number of nitrogens with zero attached hydrogens (tertiary/aromatic N) is 6. The highest BCUT2D eigenvalue weighted by atomic mass is 79.9. The molecule has 2 rings (SSSR count). The molecule has 0 fully saturated rings. The first-order valence-corrected chi connectivity index (χ1v) is 4.97. The van der Waals surface area contributed by atoms with Crippen molar-refractivity contribution < 1.29 is 0 Å². The predicted molar refractivity (Wildman–Crippen MR) is 55.9 cm³/mol. The van der Waals surface area contributed by atoms with Gasteiger partial charge in [0.15, 0.2) is 5.82 Å². The lowest BCUT2D eigenvalue weighted by atomic mass is 10.5. The van der Waals surface area contributed by atoms with Crippen molar-refractivity contribution in [1.29, 1.82) is 0 Å². The molecule has 1 N–H and O–H groups in total. The lowest BCUT2D eigenvalue weighted by Crippen LogP contribution is -2.03. The van der Waals surface area contributed by atoms with E-state index in [0.717, 1.165) is 4.60 Å². The fraction of sp³-hybridized carbons (Fsp3) is 0.286. The Hall–Kier alpha value is -1.57. The fourth-order valence-electron chi connectivity index (χ4n) is 0.994. The molecular weight excluding hydrogens is 262 g/mol. The summed E-state index contributed by atoms with van der Waals surface area (Å²) in [6.07, 6.45) is 1.47. The van der Waals surface area contributed by atoms with E-state index in [1.165, 1.54) is 11.1 Å². The van der Waals surface area contributed by atoms with E-state index in [9.17, 15) is 0 Å². The second-order valence-corrected chi connectivity index (χ2v) is 3.59. The highest BCUT2D eigenvalue weighted by molar-refractivity contribution is 9.10. The van der Waals surface area contributed by atoms with Crippen LogP contribution in [-0.4, -0.2) is 30.2 Å². The molecule has 0 aliphatic rings. The molecule has 2 heterocycles. The van der Waals surface area contributed by atoms with Crippen LogP contribution in [0.3, 0.4) is 0 Å². The Morgan fingerprint density at radius 3 is 3.00 bits per heavy atom. The average molecular weight is 270 g/mol. The summed E-state index contributed by atoms with van der Waals surface area (Å²) in [7, 11) is 1.72. The van der Waals surface area contributed by atoms with Crippen LogP contribution in [0.15, 0.2) is 17.0 Å². The molecule has 0 atom stereocenters. The minimum atomic E-state index is 0.483. The zero-order chi connectivity index (χ0) is 10.7. The number of halogens is 1. The first-order chi connectivity index (χ1) is 7.24. The van der Waals surface area contributed by atoms with Crippen LogP contribution in [0.4, 0.5) is 5.82 Å². The average Bonchev–Trinajstić information content (AvgIpc) is 2.62. The zero-order valence-electron chi connectivity index (χ0n) is 7.92. The minimum Gasteiger partial charge on any atom is -0.362 e. The van der Waals surface area contributed by atoms with Gasteiger partial charge in [-0.2, -0.15) is 4.80 Å². The summed E-state index contributed by atoms with van der Waals surface area (Å²) in [5.41, 5.74) is 0. The van der Waals surface area contributed by atoms with Gasteiger partial charge >= 0.3 is 0 Å². The van der Waals surface area contributed by atoms with Crippen molar-refractivity contribution in [2.75, 3.05) is 5.32 Å². The fourth-order valence-corrected chi connectivity index (χ4v) is 1.30. The minimum absolute atomic E-state index is 0.483. The van der Waals surface area contributed by atoms with Crippen LogP contribution < -0.4 is 5.32 Å². The maximum Gasteiger partial charge on any atom is 0.193 e. The number of hydrogen-bond donors (Lipinski definition) is 1. The summed E-state index contributed by atoms with van der Waals surface area (Å²) in [6, 6.07) is 1.77. The van der Waals surface area contributed by atoms with Gasteiger partial charge in [0.1, 0.15) is 16.7 Å². The smallest absolute Gasteiger partial charge is 0.193 e. The first-order valence-electron chi connectivity index (χ1n) is 4.18. The van der Waals surface area contributed by atoms with Gasteiger partial charge in [-0.15, -0.1) is 10.2 Å². The molecule has 8 heteroatoms.